The third kappa shape index (κ3) is 3.57. The van der Waals surface area contributed by atoms with E-state index in [-0.39, 0.29) is 6.03 Å². The Kier molecular flexibility index (Phi) is 4.58. The van der Waals surface area contributed by atoms with Gasteiger partial charge < -0.3 is 10.1 Å². The first-order chi connectivity index (χ1) is 10.7. The Morgan fingerprint density at radius 2 is 2.23 bits per heavy atom. The van der Waals surface area contributed by atoms with Crippen LogP contribution in [0.1, 0.15) is 29.0 Å². The van der Waals surface area contributed by atoms with Crippen LogP contribution in [0.25, 0.3) is 0 Å². The number of nitrogens with one attached hydrogen (secondary N) is 2. The van der Waals surface area contributed by atoms with Crippen molar-refractivity contribution in [3.05, 3.63) is 40.4 Å². The van der Waals surface area contributed by atoms with Gasteiger partial charge in [0.2, 0.25) is 0 Å². The predicted octanol–water partition coefficient (Wildman–Crippen LogP) is 3.35. The molecule has 0 saturated heterocycles. The number of rotatable bonds is 4. The first-order valence-corrected chi connectivity index (χ1v) is 8.22. The van der Waals surface area contributed by atoms with Crippen LogP contribution in [0.4, 0.5) is 9.93 Å². The van der Waals surface area contributed by atoms with Gasteiger partial charge in [-0.05, 0) is 43.4 Å². The van der Waals surface area contributed by atoms with Crippen LogP contribution >= 0.6 is 11.3 Å². The van der Waals surface area contributed by atoms with Crippen molar-refractivity contribution in [2.45, 2.75) is 32.2 Å². The number of carbonyl (C=O) groups excluding carboxylic acids is 1. The summed E-state index contributed by atoms with van der Waals surface area (Å²) in [7, 11) is 1.63. The molecule has 2 amide bonds. The van der Waals surface area contributed by atoms with E-state index in [1.54, 1.807) is 18.4 Å². The Bertz CT molecular complexity index is 646. The lowest BCUT2D eigenvalue weighted by atomic mass is 10.0. The molecule has 1 aromatic carbocycles. The number of aromatic nitrogens is 1. The molecule has 0 fully saturated rings. The van der Waals surface area contributed by atoms with Crippen LogP contribution in [0.15, 0.2) is 24.3 Å². The number of carbonyl (C=O) groups is 1. The lowest BCUT2D eigenvalue weighted by molar-refractivity contribution is 0.251. The van der Waals surface area contributed by atoms with Crippen molar-refractivity contribution in [2.24, 2.45) is 0 Å². The number of fused-ring (bicyclic) bond motifs is 1. The van der Waals surface area contributed by atoms with Gasteiger partial charge in [0.1, 0.15) is 5.75 Å². The largest absolute Gasteiger partial charge is 0.497 e. The highest BCUT2D eigenvalue weighted by atomic mass is 32.1. The van der Waals surface area contributed by atoms with Gasteiger partial charge in [-0.2, -0.15) is 0 Å². The maximum Gasteiger partial charge on any atom is 0.321 e. The molecule has 0 atom stereocenters. The summed E-state index contributed by atoms with van der Waals surface area (Å²) in [5, 5.41) is 6.35. The number of urea groups is 1. The normalized spacial score (nSPS) is 13.3. The van der Waals surface area contributed by atoms with E-state index < -0.39 is 0 Å². The maximum atomic E-state index is 12.0. The summed E-state index contributed by atoms with van der Waals surface area (Å²) in [5.74, 6) is 0.785. The minimum Gasteiger partial charge on any atom is -0.497 e. The van der Waals surface area contributed by atoms with E-state index in [1.807, 2.05) is 24.3 Å². The van der Waals surface area contributed by atoms with E-state index in [0.29, 0.717) is 11.7 Å². The zero-order valence-electron chi connectivity index (χ0n) is 12.5. The van der Waals surface area contributed by atoms with Crippen molar-refractivity contribution >= 4 is 22.5 Å². The van der Waals surface area contributed by atoms with Gasteiger partial charge in [-0.1, -0.05) is 12.1 Å². The third-order valence-corrected chi connectivity index (χ3v) is 4.73. The Hall–Kier alpha value is -2.08. The molecule has 116 valence electrons. The maximum absolute atomic E-state index is 12.0. The van der Waals surface area contributed by atoms with Crippen LogP contribution in [0, 0.1) is 0 Å². The molecule has 0 radical (unpaired) electrons. The third-order valence-electron chi connectivity index (χ3n) is 3.65. The molecule has 1 aliphatic carbocycles. The van der Waals surface area contributed by atoms with E-state index >= 15 is 0 Å². The van der Waals surface area contributed by atoms with Crippen LogP contribution in [-0.4, -0.2) is 18.1 Å². The van der Waals surface area contributed by atoms with Crippen LogP contribution in [0.3, 0.4) is 0 Å². The van der Waals surface area contributed by atoms with Crippen LogP contribution in [0.2, 0.25) is 0 Å². The van der Waals surface area contributed by atoms with Crippen molar-refractivity contribution in [3.8, 4) is 5.75 Å². The van der Waals surface area contributed by atoms with Gasteiger partial charge in [0.25, 0.3) is 0 Å². The second kappa shape index (κ2) is 6.79. The molecule has 1 aromatic heterocycles. The number of amides is 2. The number of methoxy groups -OCH3 is 1. The fourth-order valence-electron chi connectivity index (χ4n) is 2.51. The van der Waals surface area contributed by atoms with Crippen LogP contribution in [-0.2, 0) is 19.4 Å². The number of ether oxygens (including phenoxy) is 1. The molecule has 6 heteroatoms. The fraction of sp³-hybridized carbons (Fsp3) is 0.375. The van der Waals surface area contributed by atoms with Gasteiger partial charge in [0.05, 0.1) is 12.8 Å². The number of thiazole rings is 1. The lowest BCUT2D eigenvalue weighted by Crippen LogP contribution is -2.28. The molecule has 1 aliphatic rings. The van der Waals surface area contributed by atoms with Gasteiger partial charge in [0.15, 0.2) is 5.13 Å². The smallest absolute Gasteiger partial charge is 0.321 e. The lowest BCUT2D eigenvalue weighted by Gasteiger charge is -2.07. The number of hydrogen-bond donors (Lipinski definition) is 2. The summed E-state index contributed by atoms with van der Waals surface area (Å²) in [6.07, 6.45) is 4.52. The van der Waals surface area contributed by atoms with E-state index in [2.05, 4.69) is 15.6 Å². The van der Waals surface area contributed by atoms with Gasteiger partial charge in [-0.25, -0.2) is 9.78 Å². The topological polar surface area (TPSA) is 63.2 Å². The summed E-state index contributed by atoms with van der Waals surface area (Å²) in [4.78, 5) is 17.8. The fourth-order valence-corrected chi connectivity index (χ4v) is 3.56. The van der Waals surface area contributed by atoms with E-state index in [4.69, 9.17) is 4.74 Å². The van der Waals surface area contributed by atoms with Crippen molar-refractivity contribution in [3.63, 3.8) is 0 Å². The predicted molar refractivity (Wildman–Crippen MR) is 87.6 cm³/mol. The molecule has 3 rings (SSSR count). The summed E-state index contributed by atoms with van der Waals surface area (Å²) >= 11 is 1.59. The second-order valence-electron chi connectivity index (χ2n) is 5.26. The first kappa shape index (κ1) is 14.8. The van der Waals surface area contributed by atoms with Crippen molar-refractivity contribution in [2.75, 3.05) is 12.4 Å². The number of nitrogens with zero attached hydrogens (tertiary/aromatic N) is 1. The van der Waals surface area contributed by atoms with Crippen molar-refractivity contribution < 1.29 is 9.53 Å². The summed E-state index contributed by atoms with van der Waals surface area (Å²) < 4.78 is 5.17. The molecule has 0 aliphatic heterocycles. The van der Waals surface area contributed by atoms with Gasteiger partial charge in [-0.3, -0.25) is 5.32 Å². The number of hydrogen-bond acceptors (Lipinski definition) is 4. The molecule has 0 saturated carbocycles. The van der Waals surface area contributed by atoms with Gasteiger partial charge >= 0.3 is 6.03 Å². The summed E-state index contributed by atoms with van der Waals surface area (Å²) in [5.41, 5.74) is 2.15. The molecule has 5 nitrogen and oxygen atoms in total. The standard InChI is InChI=1S/C16H19N3O2S/c1-21-12-6-4-5-11(9-12)10-17-15(20)19-16-18-13-7-2-3-8-14(13)22-16/h4-6,9H,2-3,7-8,10H2,1H3,(H2,17,18,19,20). The number of aryl methyl sites for hydroxylation is 2. The molecule has 0 bridgehead atoms. The van der Waals surface area contributed by atoms with Gasteiger partial charge in [-0.15, -0.1) is 11.3 Å². The molecular weight excluding hydrogens is 298 g/mol. The average Bonchev–Trinajstić information content (AvgIpc) is 2.95. The highest BCUT2D eigenvalue weighted by molar-refractivity contribution is 7.15. The summed E-state index contributed by atoms with van der Waals surface area (Å²) in [6, 6.07) is 7.41. The molecule has 2 N–H and O–H groups in total. The highest BCUT2D eigenvalue weighted by Gasteiger charge is 2.16. The Morgan fingerprint density at radius 1 is 1.36 bits per heavy atom. The summed E-state index contributed by atoms with van der Waals surface area (Å²) in [6.45, 7) is 0.453. The molecule has 0 spiro atoms. The molecule has 0 unspecified atom stereocenters. The van der Waals surface area contributed by atoms with Crippen molar-refractivity contribution in [1.82, 2.24) is 10.3 Å². The second-order valence-corrected chi connectivity index (χ2v) is 6.34. The average molecular weight is 317 g/mol. The molecule has 2 aromatic rings. The molecule has 1 heterocycles. The molecular formula is C16H19N3O2S. The van der Waals surface area contributed by atoms with Crippen LogP contribution < -0.4 is 15.4 Å². The quantitative estimate of drug-likeness (QED) is 0.909. The van der Waals surface area contributed by atoms with Gasteiger partial charge in [0, 0.05) is 11.4 Å². The Balaban J connectivity index is 1.55. The number of benzene rings is 1. The minimum absolute atomic E-state index is 0.228. The van der Waals surface area contributed by atoms with E-state index in [9.17, 15) is 4.79 Å². The highest BCUT2D eigenvalue weighted by Crippen LogP contribution is 2.29. The van der Waals surface area contributed by atoms with Crippen molar-refractivity contribution in [1.29, 1.82) is 0 Å². The van der Waals surface area contributed by atoms with E-state index in [1.165, 1.54) is 17.7 Å². The Morgan fingerprint density at radius 3 is 3.05 bits per heavy atom. The molecule has 22 heavy (non-hydrogen) atoms. The first-order valence-electron chi connectivity index (χ1n) is 7.41. The SMILES string of the molecule is COc1cccc(CNC(=O)Nc2nc3c(s2)CCCC3)c1. The zero-order chi connectivity index (χ0) is 15.4. The zero-order valence-corrected chi connectivity index (χ0v) is 13.3. The monoisotopic (exact) mass is 317 g/mol. The number of anilines is 1. The van der Waals surface area contributed by atoms with Crippen LogP contribution in [0.5, 0.6) is 5.75 Å². The Labute approximate surface area is 133 Å². The van der Waals surface area contributed by atoms with E-state index in [0.717, 1.165) is 29.8 Å². The minimum atomic E-state index is -0.228.